The van der Waals surface area contributed by atoms with E-state index in [9.17, 15) is 4.79 Å². The number of hydrogen-bond donors (Lipinski definition) is 2. The summed E-state index contributed by atoms with van der Waals surface area (Å²) in [5.41, 5.74) is 2.30. The topological polar surface area (TPSA) is 53.6 Å². The Bertz CT molecular complexity index is 724. The van der Waals surface area contributed by atoms with Crippen molar-refractivity contribution in [2.24, 2.45) is 0 Å². The molecule has 0 radical (unpaired) electrons. The molecular formula is C17H17N3O2. The number of nitrogens with one attached hydrogen (secondary N) is 2. The van der Waals surface area contributed by atoms with Crippen LogP contribution in [0.4, 0.5) is 11.4 Å². The lowest BCUT2D eigenvalue weighted by Gasteiger charge is -2.29. The molecule has 0 spiro atoms. The largest absolute Gasteiger partial charge is 0.453 e. The number of carbonyl (C=O) groups excluding carboxylic acids is 1. The SMILES string of the molecule is O=C(c1cccc2c1Nc1ccccc1O2)N1CCNCC1. The monoisotopic (exact) mass is 295 g/mol. The van der Waals surface area contributed by atoms with Crippen LogP contribution < -0.4 is 15.4 Å². The Morgan fingerprint density at radius 3 is 2.64 bits per heavy atom. The molecule has 2 aromatic carbocycles. The van der Waals surface area contributed by atoms with Gasteiger partial charge in [0, 0.05) is 26.2 Å². The van der Waals surface area contributed by atoms with Crippen molar-refractivity contribution in [1.82, 2.24) is 10.2 Å². The van der Waals surface area contributed by atoms with Crippen molar-refractivity contribution >= 4 is 17.3 Å². The summed E-state index contributed by atoms with van der Waals surface area (Å²) >= 11 is 0. The summed E-state index contributed by atoms with van der Waals surface area (Å²) in [5.74, 6) is 1.52. The maximum Gasteiger partial charge on any atom is 0.256 e. The van der Waals surface area contributed by atoms with Crippen LogP contribution in [0.5, 0.6) is 11.5 Å². The summed E-state index contributed by atoms with van der Waals surface area (Å²) in [6.45, 7) is 3.15. The first-order chi connectivity index (χ1) is 10.8. The van der Waals surface area contributed by atoms with Crippen LogP contribution in [0.2, 0.25) is 0 Å². The van der Waals surface area contributed by atoms with Crippen LogP contribution in [0.25, 0.3) is 0 Å². The summed E-state index contributed by atoms with van der Waals surface area (Å²) in [6, 6.07) is 13.3. The highest BCUT2D eigenvalue weighted by molar-refractivity contribution is 6.02. The van der Waals surface area contributed by atoms with Crippen LogP contribution in [0.1, 0.15) is 10.4 Å². The van der Waals surface area contributed by atoms with Crippen molar-refractivity contribution in [1.29, 1.82) is 0 Å². The number of carbonyl (C=O) groups is 1. The lowest BCUT2D eigenvalue weighted by Crippen LogP contribution is -2.46. The molecule has 0 aromatic heterocycles. The molecule has 2 N–H and O–H groups in total. The second-order valence-electron chi connectivity index (χ2n) is 5.44. The summed E-state index contributed by atoms with van der Waals surface area (Å²) < 4.78 is 5.91. The number of rotatable bonds is 1. The number of ether oxygens (including phenoxy) is 1. The first-order valence-electron chi connectivity index (χ1n) is 7.50. The Morgan fingerprint density at radius 2 is 1.77 bits per heavy atom. The highest BCUT2D eigenvalue weighted by Crippen LogP contribution is 2.43. The molecule has 4 rings (SSSR count). The summed E-state index contributed by atoms with van der Waals surface area (Å²) in [4.78, 5) is 14.7. The van der Waals surface area contributed by atoms with E-state index in [2.05, 4.69) is 10.6 Å². The van der Waals surface area contributed by atoms with Crippen molar-refractivity contribution in [3.05, 3.63) is 48.0 Å². The minimum absolute atomic E-state index is 0.0498. The number of fused-ring (bicyclic) bond motifs is 2. The molecule has 2 heterocycles. The Balaban J connectivity index is 1.70. The van der Waals surface area contributed by atoms with E-state index in [1.165, 1.54) is 0 Å². The third-order valence-corrected chi connectivity index (χ3v) is 4.03. The summed E-state index contributed by atoms with van der Waals surface area (Å²) in [7, 11) is 0. The van der Waals surface area contributed by atoms with Gasteiger partial charge in [0.05, 0.1) is 16.9 Å². The summed E-state index contributed by atoms with van der Waals surface area (Å²) in [6.07, 6.45) is 0. The molecule has 0 saturated carbocycles. The lowest BCUT2D eigenvalue weighted by molar-refractivity contribution is 0.0736. The van der Waals surface area contributed by atoms with Crippen LogP contribution in [-0.2, 0) is 0 Å². The van der Waals surface area contributed by atoms with Gasteiger partial charge in [0.2, 0.25) is 0 Å². The van der Waals surface area contributed by atoms with Crippen LogP contribution in [0.15, 0.2) is 42.5 Å². The average molecular weight is 295 g/mol. The average Bonchev–Trinajstić information content (AvgIpc) is 2.59. The third kappa shape index (κ3) is 2.19. The highest BCUT2D eigenvalue weighted by Gasteiger charge is 2.25. The molecule has 2 aliphatic rings. The predicted octanol–water partition coefficient (Wildman–Crippen LogP) is 2.58. The minimum Gasteiger partial charge on any atom is -0.453 e. The molecule has 5 nitrogen and oxygen atoms in total. The standard InChI is InChI=1S/C17H17N3O2/c21-17(20-10-8-18-9-11-20)12-4-3-7-15-16(12)19-13-5-1-2-6-14(13)22-15/h1-7,18-19H,8-11H2. The Morgan fingerprint density at radius 1 is 1.00 bits per heavy atom. The lowest BCUT2D eigenvalue weighted by atomic mass is 10.1. The van der Waals surface area contributed by atoms with Gasteiger partial charge in [-0.3, -0.25) is 4.79 Å². The van der Waals surface area contributed by atoms with E-state index in [0.29, 0.717) is 11.3 Å². The molecule has 1 saturated heterocycles. The van der Waals surface area contributed by atoms with E-state index in [1.807, 2.05) is 47.4 Å². The fourth-order valence-electron chi connectivity index (χ4n) is 2.87. The Labute approximate surface area is 128 Å². The van der Waals surface area contributed by atoms with Crippen LogP contribution in [0.3, 0.4) is 0 Å². The fraction of sp³-hybridized carbons (Fsp3) is 0.235. The molecule has 2 aromatic rings. The molecule has 0 bridgehead atoms. The van der Waals surface area contributed by atoms with Crippen molar-refractivity contribution in [2.75, 3.05) is 31.5 Å². The molecule has 0 unspecified atom stereocenters. The first kappa shape index (κ1) is 13.2. The Hall–Kier alpha value is -2.53. The van der Waals surface area contributed by atoms with Gasteiger partial charge >= 0.3 is 0 Å². The van der Waals surface area contributed by atoms with E-state index in [0.717, 1.165) is 43.3 Å². The zero-order valence-corrected chi connectivity index (χ0v) is 12.1. The molecule has 22 heavy (non-hydrogen) atoms. The third-order valence-electron chi connectivity index (χ3n) is 4.03. The van der Waals surface area contributed by atoms with E-state index < -0.39 is 0 Å². The van der Waals surface area contributed by atoms with Gasteiger partial charge in [0.1, 0.15) is 0 Å². The maximum absolute atomic E-state index is 12.8. The van der Waals surface area contributed by atoms with E-state index in [1.54, 1.807) is 0 Å². The van der Waals surface area contributed by atoms with Gasteiger partial charge in [-0.15, -0.1) is 0 Å². The molecular weight excluding hydrogens is 278 g/mol. The smallest absolute Gasteiger partial charge is 0.256 e. The van der Waals surface area contributed by atoms with Crippen molar-refractivity contribution in [2.45, 2.75) is 0 Å². The van der Waals surface area contributed by atoms with E-state index in [4.69, 9.17) is 4.74 Å². The number of para-hydroxylation sites is 3. The second-order valence-corrected chi connectivity index (χ2v) is 5.44. The maximum atomic E-state index is 12.8. The van der Waals surface area contributed by atoms with Gasteiger partial charge in [0.25, 0.3) is 5.91 Å². The molecule has 1 fully saturated rings. The van der Waals surface area contributed by atoms with Crippen molar-refractivity contribution < 1.29 is 9.53 Å². The molecule has 1 amide bonds. The van der Waals surface area contributed by atoms with Crippen LogP contribution >= 0.6 is 0 Å². The molecule has 112 valence electrons. The van der Waals surface area contributed by atoms with Gasteiger partial charge in [-0.05, 0) is 24.3 Å². The van der Waals surface area contributed by atoms with Gasteiger partial charge < -0.3 is 20.3 Å². The minimum atomic E-state index is 0.0498. The van der Waals surface area contributed by atoms with E-state index >= 15 is 0 Å². The van der Waals surface area contributed by atoms with Gasteiger partial charge in [-0.25, -0.2) is 0 Å². The van der Waals surface area contributed by atoms with Crippen molar-refractivity contribution in [3.8, 4) is 11.5 Å². The molecule has 0 aliphatic carbocycles. The molecule has 5 heteroatoms. The zero-order valence-electron chi connectivity index (χ0n) is 12.1. The number of piperazine rings is 1. The first-order valence-corrected chi connectivity index (χ1v) is 7.50. The summed E-state index contributed by atoms with van der Waals surface area (Å²) in [5, 5.41) is 6.60. The molecule has 0 atom stereocenters. The quantitative estimate of drug-likeness (QED) is 0.724. The molecule has 2 aliphatic heterocycles. The predicted molar refractivity (Wildman–Crippen MR) is 85.0 cm³/mol. The van der Waals surface area contributed by atoms with Crippen LogP contribution in [0, 0.1) is 0 Å². The van der Waals surface area contributed by atoms with Gasteiger partial charge in [-0.1, -0.05) is 18.2 Å². The fourth-order valence-corrected chi connectivity index (χ4v) is 2.87. The number of hydrogen-bond acceptors (Lipinski definition) is 4. The number of amides is 1. The van der Waals surface area contributed by atoms with E-state index in [-0.39, 0.29) is 5.91 Å². The Kier molecular flexibility index (Phi) is 3.20. The number of anilines is 2. The zero-order chi connectivity index (χ0) is 14.9. The van der Waals surface area contributed by atoms with Gasteiger partial charge in [-0.2, -0.15) is 0 Å². The van der Waals surface area contributed by atoms with Crippen LogP contribution in [-0.4, -0.2) is 37.0 Å². The second kappa shape index (κ2) is 5.35. The van der Waals surface area contributed by atoms with Crippen molar-refractivity contribution in [3.63, 3.8) is 0 Å². The number of benzene rings is 2. The number of nitrogens with zero attached hydrogens (tertiary/aromatic N) is 1. The highest BCUT2D eigenvalue weighted by atomic mass is 16.5. The normalized spacial score (nSPS) is 16.1. The van der Waals surface area contributed by atoms with Gasteiger partial charge in [0.15, 0.2) is 11.5 Å².